The number of nitrogens with one attached hydrogen (secondary N) is 1. The van der Waals surface area contributed by atoms with Crippen LogP contribution in [0, 0.1) is 6.42 Å². The Hall–Kier alpha value is 0.177. The van der Waals surface area contributed by atoms with Crippen molar-refractivity contribution >= 4 is 8.24 Å². The molecule has 0 saturated heterocycles. The van der Waals surface area contributed by atoms with Crippen LogP contribution in [-0.2, 0) is 0 Å². The summed E-state index contributed by atoms with van der Waals surface area (Å²) >= 11 is 0. The fraction of sp³-hybridized carbons (Fsp3) is 0.857. The summed E-state index contributed by atoms with van der Waals surface area (Å²) in [4.78, 5) is 3.53. The van der Waals surface area contributed by atoms with Crippen LogP contribution in [0.3, 0.4) is 0 Å². The predicted octanol–water partition coefficient (Wildman–Crippen LogP) is 2.03. The molecule has 0 aromatic carbocycles. The summed E-state index contributed by atoms with van der Waals surface area (Å²) in [5.41, 5.74) is 0. The van der Waals surface area contributed by atoms with Gasteiger partial charge in [-0.3, -0.25) is 0 Å². The highest BCUT2D eigenvalue weighted by Crippen LogP contribution is 1.94. The van der Waals surface area contributed by atoms with Gasteiger partial charge in [-0.05, 0) is 19.4 Å². The van der Waals surface area contributed by atoms with Crippen LogP contribution in [0.1, 0.15) is 13.3 Å². The lowest BCUT2D eigenvalue weighted by Gasteiger charge is -2.17. The van der Waals surface area contributed by atoms with E-state index in [1.165, 1.54) is 6.42 Å². The Morgan fingerprint density at radius 2 is 1.89 bits per heavy atom. The van der Waals surface area contributed by atoms with Crippen LogP contribution >= 0.6 is 0 Å². The molecule has 0 saturated carbocycles. The molecule has 0 spiro atoms. The zero-order valence-electron chi connectivity index (χ0n) is 6.99. The van der Waals surface area contributed by atoms with E-state index in [0.717, 1.165) is 6.54 Å². The number of hydrogen-bond acceptors (Lipinski definition) is 1. The number of hydrogen-bond donors (Lipinski definition) is 1. The highest BCUT2D eigenvalue weighted by Gasteiger charge is 2.09. The van der Waals surface area contributed by atoms with E-state index in [2.05, 4.69) is 38.0 Å². The molecule has 0 aromatic rings. The van der Waals surface area contributed by atoms with Crippen molar-refractivity contribution in [3.63, 3.8) is 0 Å². The van der Waals surface area contributed by atoms with Gasteiger partial charge in [0.1, 0.15) is 8.24 Å². The van der Waals surface area contributed by atoms with Gasteiger partial charge in [-0.25, -0.2) is 0 Å². The first-order valence-electron chi connectivity index (χ1n) is 3.59. The van der Waals surface area contributed by atoms with Gasteiger partial charge < -0.3 is 4.98 Å². The van der Waals surface area contributed by atoms with Gasteiger partial charge in [-0.1, -0.05) is 26.6 Å². The lowest BCUT2D eigenvalue weighted by atomic mass is 10.3. The molecule has 0 aliphatic heterocycles. The van der Waals surface area contributed by atoms with E-state index in [0.29, 0.717) is 0 Å². The molecule has 0 rings (SSSR count). The summed E-state index contributed by atoms with van der Waals surface area (Å²) in [5, 5.41) is 0. The first-order chi connectivity index (χ1) is 4.06. The second-order valence-electron chi connectivity index (χ2n) is 3.37. The molecule has 2 heteroatoms. The lowest BCUT2D eigenvalue weighted by Crippen LogP contribution is -2.41. The Labute approximate surface area is 59.9 Å². The summed E-state index contributed by atoms with van der Waals surface area (Å²) < 4.78 is 0. The average molecular weight is 144 g/mol. The molecule has 1 N–H and O–H groups in total. The molecule has 0 aliphatic rings. The van der Waals surface area contributed by atoms with Crippen molar-refractivity contribution in [2.45, 2.75) is 33.0 Å². The molecule has 0 atom stereocenters. The third kappa shape index (κ3) is 8.18. The van der Waals surface area contributed by atoms with Crippen LogP contribution < -0.4 is 4.98 Å². The Balaban J connectivity index is 3.07. The van der Waals surface area contributed by atoms with Crippen LogP contribution in [0.5, 0.6) is 0 Å². The fourth-order valence-electron chi connectivity index (χ4n) is 0.592. The molecular weight excluding hydrogens is 126 g/mol. The minimum atomic E-state index is -0.964. The standard InChI is InChI=1S/C7H18NSi/c1-5-6-7-8-9(2,3)4/h5,8H,6-7H2,1-4H3. The van der Waals surface area contributed by atoms with Crippen molar-refractivity contribution in [1.82, 2.24) is 4.98 Å². The van der Waals surface area contributed by atoms with Crippen LogP contribution in [0.2, 0.25) is 19.6 Å². The highest BCUT2D eigenvalue weighted by molar-refractivity contribution is 6.73. The molecule has 0 heterocycles. The monoisotopic (exact) mass is 144 g/mol. The van der Waals surface area contributed by atoms with Gasteiger partial charge in [0.25, 0.3) is 0 Å². The van der Waals surface area contributed by atoms with Crippen molar-refractivity contribution in [3.05, 3.63) is 6.42 Å². The van der Waals surface area contributed by atoms with Gasteiger partial charge in [0.2, 0.25) is 0 Å². The van der Waals surface area contributed by atoms with Gasteiger partial charge >= 0.3 is 0 Å². The Morgan fingerprint density at radius 3 is 2.22 bits per heavy atom. The fourth-order valence-corrected chi connectivity index (χ4v) is 1.49. The van der Waals surface area contributed by atoms with Crippen LogP contribution in [0.4, 0.5) is 0 Å². The predicted molar refractivity (Wildman–Crippen MR) is 45.9 cm³/mol. The lowest BCUT2D eigenvalue weighted by molar-refractivity contribution is 0.853. The molecule has 9 heavy (non-hydrogen) atoms. The summed E-state index contributed by atoms with van der Waals surface area (Å²) in [6.45, 7) is 10.2. The van der Waals surface area contributed by atoms with Gasteiger partial charge in [0, 0.05) is 0 Å². The summed E-state index contributed by atoms with van der Waals surface area (Å²) in [6.07, 6.45) is 3.40. The maximum absolute atomic E-state index is 3.53. The van der Waals surface area contributed by atoms with E-state index in [1.54, 1.807) is 0 Å². The van der Waals surface area contributed by atoms with E-state index in [4.69, 9.17) is 0 Å². The van der Waals surface area contributed by atoms with Crippen LogP contribution in [0.25, 0.3) is 0 Å². The van der Waals surface area contributed by atoms with Crippen molar-refractivity contribution in [2.75, 3.05) is 6.54 Å². The molecule has 0 aliphatic carbocycles. The van der Waals surface area contributed by atoms with E-state index in [-0.39, 0.29) is 0 Å². The number of unbranched alkanes of at least 4 members (excludes halogenated alkanes) is 1. The van der Waals surface area contributed by atoms with E-state index in [1.807, 2.05) is 0 Å². The van der Waals surface area contributed by atoms with Crippen LogP contribution in [0.15, 0.2) is 0 Å². The minimum absolute atomic E-state index is 0.964. The zero-order chi connectivity index (χ0) is 7.33. The Kier molecular flexibility index (Phi) is 4.15. The number of rotatable bonds is 4. The van der Waals surface area contributed by atoms with E-state index >= 15 is 0 Å². The van der Waals surface area contributed by atoms with Gasteiger partial charge in [0.05, 0.1) is 0 Å². The molecule has 1 radical (unpaired) electrons. The molecule has 55 valence electrons. The quantitative estimate of drug-likeness (QED) is 0.470. The summed E-state index contributed by atoms with van der Waals surface area (Å²) in [7, 11) is -0.964. The summed E-state index contributed by atoms with van der Waals surface area (Å²) in [5.74, 6) is 0. The molecular formula is C7H18NSi. The van der Waals surface area contributed by atoms with Gasteiger partial charge in [-0.15, -0.1) is 0 Å². The maximum Gasteiger partial charge on any atom is 0.116 e. The molecule has 0 amide bonds. The zero-order valence-corrected chi connectivity index (χ0v) is 7.99. The van der Waals surface area contributed by atoms with E-state index in [9.17, 15) is 0 Å². The molecule has 0 fully saturated rings. The minimum Gasteiger partial charge on any atom is -0.337 e. The van der Waals surface area contributed by atoms with Gasteiger partial charge in [0.15, 0.2) is 0 Å². The average Bonchev–Trinajstić information content (AvgIpc) is 1.63. The molecule has 1 nitrogen and oxygen atoms in total. The smallest absolute Gasteiger partial charge is 0.116 e. The first-order valence-corrected chi connectivity index (χ1v) is 7.09. The normalized spacial score (nSPS) is 12.0. The SMILES string of the molecule is C[CH]CCN[Si](C)(C)C. The second-order valence-corrected chi connectivity index (χ2v) is 8.23. The second kappa shape index (κ2) is 4.07. The van der Waals surface area contributed by atoms with Crippen molar-refractivity contribution in [1.29, 1.82) is 0 Å². The van der Waals surface area contributed by atoms with Crippen LogP contribution in [-0.4, -0.2) is 14.8 Å². The highest BCUT2D eigenvalue weighted by atomic mass is 28.3. The van der Waals surface area contributed by atoms with Crippen molar-refractivity contribution in [2.24, 2.45) is 0 Å². The first kappa shape index (κ1) is 9.18. The third-order valence-corrected chi connectivity index (χ3v) is 2.40. The molecule has 0 bridgehead atoms. The van der Waals surface area contributed by atoms with Crippen molar-refractivity contribution in [3.8, 4) is 0 Å². The largest absolute Gasteiger partial charge is 0.337 e. The Morgan fingerprint density at radius 1 is 1.33 bits per heavy atom. The van der Waals surface area contributed by atoms with Gasteiger partial charge in [-0.2, -0.15) is 0 Å². The van der Waals surface area contributed by atoms with Crippen molar-refractivity contribution < 1.29 is 0 Å². The third-order valence-electron chi connectivity index (χ3n) is 1.09. The summed E-state index contributed by atoms with van der Waals surface area (Å²) in [6, 6.07) is 0. The maximum atomic E-state index is 3.53. The molecule has 0 unspecified atom stereocenters. The molecule has 0 aromatic heterocycles. The topological polar surface area (TPSA) is 12.0 Å². The Bertz CT molecular complexity index is 65.8. The van der Waals surface area contributed by atoms with E-state index < -0.39 is 8.24 Å².